The van der Waals surface area contributed by atoms with Gasteiger partial charge in [0.05, 0.1) is 6.61 Å². The van der Waals surface area contributed by atoms with Crippen molar-refractivity contribution >= 4 is 17.3 Å². The van der Waals surface area contributed by atoms with E-state index in [1.807, 2.05) is 0 Å². The van der Waals surface area contributed by atoms with Crippen molar-refractivity contribution in [1.82, 2.24) is 0 Å². The first-order chi connectivity index (χ1) is 6.27. The highest BCUT2D eigenvalue weighted by Gasteiger charge is 2.09. The van der Waals surface area contributed by atoms with Crippen molar-refractivity contribution in [3.8, 4) is 0 Å². The number of rotatable bonds is 4. The van der Waals surface area contributed by atoms with E-state index in [9.17, 15) is 4.79 Å². The maximum absolute atomic E-state index is 11.2. The molecule has 0 aliphatic carbocycles. The Kier molecular flexibility index (Phi) is 3.88. The van der Waals surface area contributed by atoms with Gasteiger partial charge in [0.25, 0.3) is 0 Å². The third-order valence-electron chi connectivity index (χ3n) is 1.36. The molecule has 0 aliphatic heterocycles. The Morgan fingerprint density at radius 1 is 1.62 bits per heavy atom. The smallest absolute Gasteiger partial charge is 0.348 e. The Bertz CT molecular complexity index is 285. The standard InChI is InChI=1S/C8H11NO3S/c1-2-11-8(10)7-4-3-6(13-7)5-12-9/h3-4H,2,5,9H2,1H3. The van der Waals surface area contributed by atoms with Crippen molar-refractivity contribution in [2.45, 2.75) is 13.5 Å². The maximum atomic E-state index is 11.2. The number of ether oxygens (including phenoxy) is 1. The van der Waals surface area contributed by atoms with E-state index in [-0.39, 0.29) is 5.97 Å². The number of thiophene rings is 1. The molecule has 13 heavy (non-hydrogen) atoms. The van der Waals surface area contributed by atoms with Gasteiger partial charge < -0.3 is 4.74 Å². The number of nitrogens with two attached hydrogens (primary N) is 1. The SMILES string of the molecule is CCOC(=O)c1ccc(CON)s1. The molecular weight excluding hydrogens is 190 g/mol. The predicted molar refractivity (Wildman–Crippen MR) is 49.3 cm³/mol. The van der Waals surface area contributed by atoms with Gasteiger partial charge in [-0.15, -0.1) is 11.3 Å². The zero-order valence-electron chi connectivity index (χ0n) is 7.28. The molecule has 0 fully saturated rings. The van der Waals surface area contributed by atoms with Crippen LogP contribution in [0.2, 0.25) is 0 Å². The van der Waals surface area contributed by atoms with Crippen molar-refractivity contribution in [2.24, 2.45) is 5.90 Å². The van der Waals surface area contributed by atoms with Crippen LogP contribution >= 0.6 is 11.3 Å². The molecule has 4 nitrogen and oxygen atoms in total. The van der Waals surface area contributed by atoms with Crippen LogP contribution in [0.1, 0.15) is 21.5 Å². The van der Waals surface area contributed by atoms with Crippen molar-refractivity contribution in [3.63, 3.8) is 0 Å². The summed E-state index contributed by atoms with van der Waals surface area (Å²) in [5, 5.41) is 0. The van der Waals surface area contributed by atoms with E-state index >= 15 is 0 Å². The summed E-state index contributed by atoms with van der Waals surface area (Å²) in [5.41, 5.74) is 0. The summed E-state index contributed by atoms with van der Waals surface area (Å²) < 4.78 is 4.82. The van der Waals surface area contributed by atoms with Crippen LogP contribution in [0.4, 0.5) is 0 Å². The molecule has 5 heteroatoms. The zero-order chi connectivity index (χ0) is 9.68. The van der Waals surface area contributed by atoms with Crippen LogP contribution in [0.5, 0.6) is 0 Å². The molecule has 72 valence electrons. The molecule has 0 saturated carbocycles. The van der Waals surface area contributed by atoms with Gasteiger partial charge in [-0.1, -0.05) is 0 Å². The molecule has 0 unspecified atom stereocenters. The average molecular weight is 201 g/mol. The highest BCUT2D eigenvalue weighted by atomic mass is 32.1. The van der Waals surface area contributed by atoms with Gasteiger partial charge in [0, 0.05) is 4.88 Å². The molecule has 1 heterocycles. The van der Waals surface area contributed by atoms with E-state index in [4.69, 9.17) is 10.6 Å². The number of carbonyl (C=O) groups is 1. The van der Waals surface area contributed by atoms with Gasteiger partial charge in [-0.05, 0) is 19.1 Å². The fourth-order valence-corrected chi connectivity index (χ4v) is 1.67. The third kappa shape index (κ3) is 2.80. The zero-order valence-corrected chi connectivity index (χ0v) is 8.10. The Morgan fingerprint density at radius 2 is 2.38 bits per heavy atom. The lowest BCUT2D eigenvalue weighted by molar-refractivity contribution is 0.0532. The van der Waals surface area contributed by atoms with Gasteiger partial charge in [0.2, 0.25) is 0 Å². The normalized spacial score (nSPS) is 10.0. The van der Waals surface area contributed by atoms with Crippen molar-refractivity contribution < 1.29 is 14.4 Å². The lowest BCUT2D eigenvalue weighted by Gasteiger charge is -1.96. The Hall–Kier alpha value is -0.910. The second kappa shape index (κ2) is 4.96. The van der Waals surface area contributed by atoms with E-state index in [1.165, 1.54) is 11.3 Å². The van der Waals surface area contributed by atoms with Crippen LogP contribution < -0.4 is 5.90 Å². The Balaban J connectivity index is 2.62. The maximum Gasteiger partial charge on any atom is 0.348 e. The summed E-state index contributed by atoms with van der Waals surface area (Å²) in [5.74, 6) is 4.60. The summed E-state index contributed by atoms with van der Waals surface area (Å²) in [6.45, 7) is 2.49. The summed E-state index contributed by atoms with van der Waals surface area (Å²) >= 11 is 1.33. The molecule has 1 rings (SSSR count). The second-order valence-corrected chi connectivity index (χ2v) is 3.47. The van der Waals surface area contributed by atoms with Crippen LogP contribution in [0.25, 0.3) is 0 Å². The van der Waals surface area contributed by atoms with Gasteiger partial charge in [0.1, 0.15) is 11.5 Å². The Morgan fingerprint density at radius 3 is 3.00 bits per heavy atom. The molecule has 2 N–H and O–H groups in total. The topological polar surface area (TPSA) is 61.5 Å². The van der Waals surface area contributed by atoms with Crippen molar-refractivity contribution in [2.75, 3.05) is 6.61 Å². The summed E-state index contributed by atoms with van der Waals surface area (Å²) in [6, 6.07) is 3.50. The number of carbonyl (C=O) groups excluding carboxylic acids is 1. The Labute approximate surface area is 80.2 Å². The molecule has 0 atom stereocenters. The van der Waals surface area contributed by atoms with E-state index in [0.29, 0.717) is 18.1 Å². The van der Waals surface area contributed by atoms with Crippen LogP contribution in [-0.4, -0.2) is 12.6 Å². The van der Waals surface area contributed by atoms with Crippen LogP contribution in [0.15, 0.2) is 12.1 Å². The van der Waals surface area contributed by atoms with Crippen LogP contribution in [-0.2, 0) is 16.2 Å². The van der Waals surface area contributed by atoms with Crippen molar-refractivity contribution in [1.29, 1.82) is 0 Å². The third-order valence-corrected chi connectivity index (χ3v) is 2.40. The minimum Gasteiger partial charge on any atom is -0.462 e. The number of esters is 1. The van der Waals surface area contributed by atoms with E-state index < -0.39 is 0 Å². The lowest BCUT2D eigenvalue weighted by Crippen LogP contribution is -2.01. The van der Waals surface area contributed by atoms with Crippen LogP contribution in [0.3, 0.4) is 0 Å². The number of hydrogen-bond donors (Lipinski definition) is 1. The fraction of sp³-hybridized carbons (Fsp3) is 0.375. The van der Waals surface area contributed by atoms with Gasteiger partial charge in [-0.25, -0.2) is 10.7 Å². The van der Waals surface area contributed by atoms with Gasteiger partial charge in [-0.2, -0.15) is 0 Å². The fourth-order valence-electron chi connectivity index (χ4n) is 0.850. The number of hydrogen-bond acceptors (Lipinski definition) is 5. The predicted octanol–water partition coefficient (Wildman–Crippen LogP) is 1.32. The van der Waals surface area contributed by atoms with Gasteiger partial charge >= 0.3 is 5.97 Å². The van der Waals surface area contributed by atoms with E-state index in [2.05, 4.69) is 4.84 Å². The summed E-state index contributed by atoms with van der Waals surface area (Å²) in [6.07, 6.45) is 0. The highest BCUT2D eigenvalue weighted by molar-refractivity contribution is 7.13. The quantitative estimate of drug-likeness (QED) is 0.589. The summed E-state index contributed by atoms with van der Waals surface area (Å²) in [4.78, 5) is 17.1. The lowest BCUT2D eigenvalue weighted by atomic mass is 10.4. The first kappa shape index (κ1) is 10.2. The average Bonchev–Trinajstić information content (AvgIpc) is 2.54. The molecule has 0 bridgehead atoms. The van der Waals surface area contributed by atoms with E-state index in [0.717, 1.165) is 4.88 Å². The first-order valence-electron chi connectivity index (χ1n) is 3.85. The minimum atomic E-state index is -0.296. The van der Waals surface area contributed by atoms with Crippen LogP contribution in [0, 0.1) is 0 Å². The molecule has 0 radical (unpaired) electrons. The molecule has 0 aliphatic rings. The van der Waals surface area contributed by atoms with Gasteiger partial charge in [-0.3, -0.25) is 4.84 Å². The molecule has 1 aromatic rings. The van der Waals surface area contributed by atoms with Crippen molar-refractivity contribution in [3.05, 3.63) is 21.9 Å². The molecule has 0 amide bonds. The largest absolute Gasteiger partial charge is 0.462 e. The van der Waals surface area contributed by atoms with Gasteiger partial charge in [0.15, 0.2) is 0 Å². The molecule has 0 saturated heterocycles. The first-order valence-corrected chi connectivity index (χ1v) is 4.67. The summed E-state index contributed by atoms with van der Waals surface area (Å²) in [7, 11) is 0. The molecule has 1 aromatic heterocycles. The minimum absolute atomic E-state index is 0.296. The second-order valence-electron chi connectivity index (χ2n) is 2.30. The molecule has 0 spiro atoms. The highest BCUT2D eigenvalue weighted by Crippen LogP contribution is 2.17. The molecule has 0 aromatic carbocycles. The monoisotopic (exact) mass is 201 g/mol. The molecular formula is C8H11NO3S. The van der Waals surface area contributed by atoms with E-state index in [1.54, 1.807) is 19.1 Å².